The molecule has 1 aromatic rings. The Kier molecular flexibility index (Phi) is 3.92. The van der Waals surface area contributed by atoms with Crippen LogP contribution in [-0.2, 0) is 17.9 Å². The average Bonchev–Trinajstić information content (AvgIpc) is 2.68. The standard InChI is InChI=1S/C16H27F2N3/c1-14(2,3)12-10-8-7-9-11-13(16(12,17)18)19-20-21(11)15(4,5)6/h12H,7-10H2,1-6H3. The van der Waals surface area contributed by atoms with Gasteiger partial charge >= 0.3 is 0 Å². The Hall–Kier alpha value is -1.00. The molecule has 0 fully saturated rings. The Balaban J connectivity index is 2.57. The highest BCUT2D eigenvalue weighted by Gasteiger charge is 2.51. The van der Waals surface area contributed by atoms with E-state index in [-0.39, 0.29) is 11.2 Å². The summed E-state index contributed by atoms with van der Waals surface area (Å²) in [5.41, 5.74) is -0.269. The largest absolute Gasteiger partial charge is 0.296 e. The molecule has 1 aliphatic rings. The van der Waals surface area contributed by atoms with Crippen LogP contribution in [0.25, 0.3) is 0 Å². The van der Waals surface area contributed by atoms with Crippen LogP contribution < -0.4 is 0 Å². The van der Waals surface area contributed by atoms with E-state index >= 15 is 8.78 Å². The van der Waals surface area contributed by atoms with Crippen LogP contribution in [0, 0.1) is 11.3 Å². The molecule has 21 heavy (non-hydrogen) atoms. The number of aromatic nitrogens is 3. The van der Waals surface area contributed by atoms with Crippen molar-refractivity contribution in [2.75, 3.05) is 0 Å². The SMILES string of the molecule is CC(C)(C)C1CCCCc2c(nnn2C(C)(C)C)C1(F)F. The van der Waals surface area contributed by atoms with Crippen LogP contribution in [0.4, 0.5) is 8.78 Å². The smallest absolute Gasteiger partial charge is 0.244 e. The number of nitrogens with zero attached hydrogens (tertiary/aromatic N) is 3. The van der Waals surface area contributed by atoms with Gasteiger partial charge in [-0.15, -0.1) is 5.10 Å². The van der Waals surface area contributed by atoms with Gasteiger partial charge in [0.25, 0.3) is 5.92 Å². The van der Waals surface area contributed by atoms with Gasteiger partial charge in [-0.1, -0.05) is 32.4 Å². The number of halogens is 2. The van der Waals surface area contributed by atoms with Crippen LogP contribution in [0.1, 0.15) is 72.2 Å². The summed E-state index contributed by atoms with van der Waals surface area (Å²) in [5.74, 6) is -3.62. The first-order valence-corrected chi connectivity index (χ1v) is 7.79. The first-order valence-electron chi connectivity index (χ1n) is 7.79. The summed E-state index contributed by atoms with van der Waals surface area (Å²) in [6.45, 7) is 11.6. The van der Waals surface area contributed by atoms with Gasteiger partial charge in [0.05, 0.1) is 11.2 Å². The van der Waals surface area contributed by atoms with Gasteiger partial charge in [0.15, 0.2) is 5.69 Å². The fourth-order valence-electron chi connectivity index (χ4n) is 3.29. The lowest BCUT2D eigenvalue weighted by molar-refractivity contribution is -0.114. The third-order valence-electron chi connectivity index (χ3n) is 4.35. The Labute approximate surface area is 126 Å². The zero-order chi connectivity index (χ0) is 16.1. The second kappa shape index (κ2) is 5.03. The summed E-state index contributed by atoms with van der Waals surface area (Å²) in [6, 6.07) is 0. The lowest BCUT2D eigenvalue weighted by Crippen LogP contribution is -2.38. The first kappa shape index (κ1) is 16.4. The maximum absolute atomic E-state index is 15.1. The van der Waals surface area contributed by atoms with Crippen LogP contribution in [0.15, 0.2) is 0 Å². The van der Waals surface area contributed by atoms with E-state index in [1.54, 1.807) is 4.68 Å². The van der Waals surface area contributed by atoms with Crippen LogP contribution in [-0.4, -0.2) is 15.0 Å². The van der Waals surface area contributed by atoms with Crippen molar-refractivity contribution in [3.05, 3.63) is 11.4 Å². The zero-order valence-corrected chi connectivity index (χ0v) is 14.0. The second-order valence-electron chi connectivity index (χ2n) is 8.25. The summed E-state index contributed by atoms with van der Waals surface area (Å²) >= 11 is 0. The molecule has 0 saturated heterocycles. The van der Waals surface area contributed by atoms with E-state index in [2.05, 4.69) is 10.3 Å². The quantitative estimate of drug-likeness (QED) is 0.705. The van der Waals surface area contributed by atoms with E-state index in [1.165, 1.54) is 0 Å². The van der Waals surface area contributed by atoms with E-state index in [9.17, 15) is 0 Å². The molecular formula is C16H27F2N3. The monoisotopic (exact) mass is 299 g/mol. The molecule has 5 heteroatoms. The lowest BCUT2D eigenvalue weighted by Gasteiger charge is -2.37. The number of alkyl halides is 2. The van der Waals surface area contributed by atoms with Crippen molar-refractivity contribution < 1.29 is 8.78 Å². The molecule has 0 radical (unpaired) electrons. The molecule has 1 aromatic heterocycles. The molecule has 2 rings (SSSR count). The molecule has 0 aliphatic heterocycles. The van der Waals surface area contributed by atoms with Crippen molar-refractivity contribution in [1.82, 2.24) is 15.0 Å². The molecule has 1 aliphatic carbocycles. The fraction of sp³-hybridized carbons (Fsp3) is 0.875. The Morgan fingerprint density at radius 2 is 1.71 bits per heavy atom. The molecule has 0 saturated carbocycles. The molecule has 1 unspecified atom stereocenters. The van der Waals surface area contributed by atoms with Crippen LogP contribution in [0.3, 0.4) is 0 Å². The molecule has 0 N–H and O–H groups in total. The van der Waals surface area contributed by atoms with Crippen LogP contribution >= 0.6 is 0 Å². The lowest BCUT2D eigenvalue weighted by atomic mass is 9.72. The van der Waals surface area contributed by atoms with Gasteiger partial charge in [-0.2, -0.15) is 8.78 Å². The molecule has 120 valence electrons. The van der Waals surface area contributed by atoms with Gasteiger partial charge in [0.1, 0.15) is 0 Å². The number of rotatable bonds is 0. The highest BCUT2D eigenvalue weighted by molar-refractivity contribution is 5.20. The molecule has 0 spiro atoms. The van der Waals surface area contributed by atoms with Crippen molar-refractivity contribution in [2.24, 2.45) is 11.3 Å². The molecule has 1 heterocycles. The topological polar surface area (TPSA) is 30.7 Å². The summed E-state index contributed by atoms with van der Waals surface area (Å²) in [5, 5.41) is 7.96. The maximum atomic E-state index is 15.1. The predicted octanol–water partition coefficient (Wildman–Crippen LogP) is 4.51. The van der Waals surface area contributed by atoms with Gasteiger partial charge in [0, 0.05) is 5.92 Å². The highest BCUT2D eigenvalue weighted by Crippen LogP contribution is 2.49. The van der Waals surface area contributed by atoms with Gasteiger partial charge in [0.2, 0.25) is 0 Å². The van der Waals surface area contributed by atoms with Crippen molar-refractivity contribution in [1.29, 1.82) is 0 Å². The minimum Gasteiger partial charge on any atom is -0.244 e. The molecule has 1 atom stereocenters. The predicted molar refractivity (Wildman–Crippen MR) is 79.4 cm³/mol. The van der Waals surface area contributed by atoms with Crippen molar-refractivity contribution in [2.45, 2.75) is 78.7 Å². The van der Waals surface area contributed by atoms with E-state index in [1.807, 2.05) is 41.5 Å². The first-order chi connectivity index (χ1) is 9.45. The summed E-state index contributed by atoms with van der Waals surface area (Å²) < 4.78 is 31.8. The third-order valence-corrected chi connectivity index (χ3v) is 4.35. The highest BCUT2D eigenvalue weighted by atomic mass is 19.3. The van der Waals surface area contributed by atoms with E-state index in [0.717, 1.165) is 12.8 Å². The summed E-state index contributed by atoms with van der Waals surface area (Å²) in [4.78, 5) is 0. The van der Waals surface area contributed by atoms with E-state index in [0.29, 0.717) is 18.5 Å². The van der Waals surface area contributed by atoms with Gasteiger partial charge in [-0.3, -0.25) is 0 Å². The summed E-state index contributed by atoms with van der Waals surface area (Å²) in [6.07, 6.45) is 2.91. The Bertz CT molecular complexity index is 507. The molecule has 0 amide bonds. The van der Waals surface area contributed by atoms with Crippen LogP contribution in [0.2, 0.25) is 0 Å². The van der Waals surface area contributed by atoms with Gasteiger partial charge < -0.3 is 0 Å². The molecule has 0 aromatic carbocycles. The molecule has 3 nitrogen and oxygen atoms in total. The molecular weight excluding hydrogens is 272 g/mol. The van der Waals surface area contributed by atoms with Crippen molar-refractivity contribution >= 4 is 0 Å². The van der Waals surface area contributed by atoms with Gasteiger partial charge in [-0.05, 0) is 45.4 Å². The van der Waals surface area contributed by atoms with Crippen LogP contribution in [0.5, 0.6) is 0 Å². The van der Waals surface area contributed by atoms with Crippen molar-refractivity contribution in [3.8, 4) is 0 Å². The number of hydrogen-bond acceptors (Lipinski definition) is 2. The fourth-order valence-corrected chi connectivity index (χ4v) is 3.29. The minimum atomic E-state index is -2.92. The third kappa shape index (κ3) is 2.97. The average molecular weight is 299 g/mol. The second-order valence-corrected chi connectivity index (χ2v) is 8.25. The minimum absolute atomic E-state index is 0.1000. The normalized spacial score (nSPS) is 23.3. The maximum Gasteiger partial charge on any atom is 0.296 e. The zero-order valence-electron chi connectivity index (χ0n) is 14.0. The number of fused-ring (bicyclic) bond motifs is 1. The van der Waals surface area contributed by atoms with E-state index < -0.39 is 17.3 Å². The van der Waals surface area contributed by atoms with Gasteiger partial charge in [-0.25, -0.2) is 4.68 Å². The van der Waals surface area contributed by atoms with Crippen molar-refractivity contribution in [3.63, 3.8) is 0 Å². The number of hydrogen-bond donors (Lipinski definition) is 0. The molecule has 0 bridgehead atoms. The Morgan fingerprint density at radius 3 is 2.24 bits per heavy atom. The Morgan fingerprint density at radius 1 is 1.10 bits per heavy atom. The van der Waals surface area contributed by atoms with E-state index in [4.69, 9.17) is 0 Å². The summed E-state index contributed by atoms with van der Waals surface area (Å²) in [7, 11) is 0.